The normalized spacial score (nSPS) is 11.9. The highest BCUT2D eigenvalue weighted by Crippen LogP contribution is 2.19. The van der Waals surface area contributed by atoms with Crippen LogP contribution in [0.3, 0.4) is 0 Å². The topological polar surface area (TPSA) is 26.0 Å². The van der Waals surface area contributed by atoms with Crippen molar-refractivity contribution in [2.24, 2.45) is 5.73 Å². The molecule has 0 atom stereocenters. The minimum absolute atomic E-state index is 0.0723. The standard InChI is InChI=1S/C11H15F2N/c1-7-4-9(12)8(10(13)5-7)6-11(2,3)14/h4-5H,6,14H2,1-3H3. The van der Waals surface area contributed by atoms with Gasteiger partial charge < -0.3 is 5.73 Å². The lowest BCUT2D eigenvalue weighted by atomic mass is 9.95. The number of halogens is 2. The smallest absolute Gasteiger partial charge is 0.129 e. The molecule has 0 saturated heterocycles. The van der Waals surface area contributed by atoms with E-state index >= 15 is 0 Å². The molecule has 0 saturated carbocycles. The monoisotopic (exact) mass is 199 g/mol. The Morgan fingerprint density at radius 1 is 1.21 bits per heavy atom. The van der Waals surface area contributed by atoms with Gasteiger partial charge in [0.05, 0.1) is 0 Å². The molecular formula is C11H15F2N. The van der Waals surface area contributed by atoms with Crippen LogP contribution in [0.15, 0.2) is 12.1 Å². The molecule has 78 valence electrons. The molecule has 0 bridgehead atoms. The average Bonchev–Trinajstić information content (AvgIpc) is 1.95. The minimum atomic E-state index is -0.600. The van der Waals surface area contributed by atoms with E-state index in [0.717, 1.165) is 0 Å². The predicted molar refractivity (Wildman–Crippen MR) is 53.1 cm³/mol. The molecule has 0 amide bonds. The van der Waals surface area contributed by atoms with Crippen molar-refractivity contribution in [3.63, 3.8) is 0 Å². The van der Waals surface area contributed by atoms with Gasteiger partial charge in [0.15, 0.2) is 0 Å². The van der Waals surface area contributed by atoms with Crippen molar-refractivity contribution >= 4 is 0 Å². The quantitative estimate of drug-likeness (QED) is 0.778. The fraction of sp³-hybridized carbons (Fsp3) is 0.455. The average molecular weight is 199 g/mol. The van der Waals surface area contributed by atoms with Crippen molar-refractivity contribution in [3.05, 3.63) is 34.9 Å². The third-order valence-electron chi connectivity index (χ3n) is 1.92. The zero-order valence-corrected chi connectivity index (χ0v) is 8.70. The summed E-state index contributed by atoms with van der Waals surface area (Å²) in [6, 6.07) is 2.65. The summed E-state index contributed by atoms with van der Waals surface area (Å²) in [5, 5.41) is 0. The van der Waals surface area contributed by atoms with Crippen LogP contribution < -0.4 is 5.73 Å². The number of aryl methyl sites for hydroxylation is 1. The lowest BCUT2D eigenvalue weighted by Crippen LogP contribution is -2.35. The second kappa shape index (κ2) is 3.65. The summed E-state index contributed by atoms with van der Waals surface area (Å²) in [7, 11) is 0. The van der Waals surface area contributed by atoms with Gasteiger partial charge in [0, 0.05) is 11.1 Å². The van der Waals surface area contributed by atoms with Crippen LogP contribution >= 0.6 is 0 Å². The Balaban J connectivity index is 3.09. The fourth-order valence-electron chi connectivity index (χ4n) is 1.35. The van der Waals surface area contributed by atoms with Gasteiger partial charge in [-0.3, -0.25) is 0 Å². The Morgan fingerprint density at radius 3 is 2.00 bits per heavy atom. The van der Waals surface area contributed by atoms with Crippen molar-refractivity contribution in [2.45, 2.75) is 32.7 Å². The molecule has 14 heavy (non-hydrogen) atoms. The van der Waals surface area contributed by atoms with E-state index in [4.69, 9.17) is 5.73 Å². The van der Waals surface area contributed by atoms with Crippen LogP contribution in [-0.4, -0.2) is 5.54 Å². The molecule has 0 unspecified atom stereocenters. The van der Waals surface area contributed by atoms with Gasteiger partial charge in [0.2, 0.25) is 0 Å². The van der Waals surface area contributed by atoms with Crippen LogP contribution in [0.2, 0.25) is 0 Å². The maximum absolute atomic E-state index is 13.3. The summed E-state index contributed by atoms with van der Waals surface area (Å²) in [5.74, 6) is -1.03. The molecule has 2 N–H and O–H groups in total. The molecule has 0 aliphatic heterocycles. The lowest BCUT2D eigenvalue weighted by Gasteiger charge is -2.19. The van der Waals surface area contributed by atoms with E-state index in [9.17, 15) is 8.78 Å². The molecule has 0 aromatic heterocycles. The van der Waals surface area contributed by atoms with E-state index in [0.29, 0.717) is 5.56 Å². The van der Waals surface area contributed by atoms with E-state index < -0.39 is 17.2 Å². The molecule has 0 fully saturated rings. The number of hydrogen-bond acceptors (Lipinski definition) is 1. The van der Waals surface area contributed by atoms with Crippen LogP contribution in [0.25, 0.3) is 0 Å². The van der Waals surface area contributed by atoms with Crippen molar-refractivity contribution in [1.82, 2.24) is 0 Å². The van der Waals surface area contributed by atoms with E-state index in [-0.39, 0.29) is 12.0 Å². The maximum atomic E-state index is 13.3. The summed E-state index contributed by atoms with van der Waals surface area (Å²) < 4.78 is 26.7. The van der Waals surface area contributed by atoms with Crippen LogP contribution in [0, 0.1) is 18.6 Å². The van der Waals surface area contributed by atoms with Crippen LogP contribution in [0.5, 0.6) is 0 Å². The summed E-state index contributed by atoms with van der Waals surface area (Å²) in [6.07, 6.45) is 0.199. The van der Waals surface area contributed by atoms with Crippen LogP contribution in [0.1, 0.15) is 25.0 Å². The summed E-state index contributed by atoms with van der Waals surface area (Å²) in [4.78, 5) is 0. The largest absolute Gasteiger partial charge is 0.325 e. The molecule has 0 radical (unpaired) electrons. The van der Waals surface area contributed by atoms with E-state index in [2.05, 4.69) is 0 Å². The van der Waals surface area contributed by atoms with Gasteiger partial charge in [-0.25, -0.2) is 8.78 Å². The first-order chi connectivity index (χ1) is 6.29. The first kappa shape index (κ1) is 11.1. The fourth-order valence-corrected chi connectivity index (χ4v) is 1.35. The number of nitrogens with two attached hydrogens (primary N) is 1. The molecular weight excluding hydrogens is 184 g/mol. The predicted octanol–water partition coefficient (Wildman–Crippen LogP) is 2.55. The van der Waals surface area contributed by atoms with Gasteiger partial charge in [-0.15, -0.1) is 0 Å². The van der Waals surface area contributed by atoms with E-state index in [1.807, 2.05) is 0 Å². The zero-order valence-electron chi connectivity index (χ0n) is 8.70. The van der Waals surface area contributed by atoms with Crippen molar-refractivity contribution in [2.75, 3.05) is 0 Å². The zero-order chi connectivity index (χ0) is 10.9. The van der Waals surface area contributed by atoms with Gasteiger partial charge >= 0.3 is 0 Å². The second-order valence-corrected chi connectivity index (χ2v) is 4.37. The van der Waals surface area contributed by atoms with Gasteiger partial charge in [-0.05, 0) is 44.9 Å². The first-order valence-corrected chi connectivity index (χ1v) is 4.53. The lowest BCUT2D eigenvalue weighted by molar-refractivity contribution is 0.472. The molecule has 0 spiro atoms. The molecule has 0 aliphatic carbocycles. The Bertz CT molecular complexity index is 317. The summed E-state index contributed by atoms with van der Waals surface area (Å²) >= 11 is 0. The molecule has 1 nitrogen and oxygen atoms in total. The third kappa shape index (κ3) is 2.77. The van der Waals surface area contributed by atoms with Crippen LogP contribution in [-0.2, 0) is 6.42 Å². The highest BCUT2D eigenvalue weighted by atomic mass is 19.1. The Morgan fingerprint density at radius 2 is 1.64 bits per heavy atom. The van der Waals surface area contributed by atoms with E-state index in [1.54, 1.807) is 20.8 Å². The number of rotatable bonds is 2. The molecule has 1 rings (SSSR count). The van der Waals surface area contributed by atoms with Gasteiger partial charge in [-0.1, -0.05) is 0 Å². The number of hydrogen-bond donors (Lipinski definition) is 1. The summed E-state index contributed by atoms with van der Waals surface area (Å²) in [6.45, 7) is 5.14. The minimum Gasteiger partial charge on any atom is -0.325 e. The van der Waals surface area contributed by atoms with Gasteiger partial charge in [0.1, 0.15) is 11.6 Å². The Labute approximate surface area is 82.9 Å². The second-order valence-electron chi connectivity index (χ2n) is 4.37. The Hall–Kier alpha value is -0.960. The SMILES string of the molecule is Cc1cc(F)c(CC(C)(C)N)c(F)c1. The molecule has 3 heteroatoms. The van der Waals surface area contributed by atoms with Crippen molar-refractivity contribution in [1.29, 1.82) is 0 Å². The highest BCUT2D eigenvalue weighted by molar-refractivity contribution is 5.26. The van der Waals surface area contributed by atoms with Gasteiger partial charge in [-0.2, -0.15) is 0 Å². The van der Waals surface area contributed by atoms with Crippen molar-refractivity contribution in [3.8, 4) is 0 Å². The molecule has 1 aromatic carbocycles. The summed E-state index contributed by atoms with van der Waals surface area (Å²) in [5.41, 5.74) is 5.76. The van der Waals surface area contributed by atoms with E-state index in [1.165, 1.54) is 12.1 Å². The third-order valence-corrected chi connectivity index (χ3v) is 1.92. The maximum Gasteiger partial charge on any atom is 0.129 e. The molecule has 0 heterocycles. The highest BCUT2D eigenvalue weighted by Gasteiger charge is 2.18. The number of benzene rings is 1. The Kier molecular flexibility index (Phi) is 2.90. The van der Waals surface area contributed by atoms with Crippen LogP contribution in [0.4, 0.5) is 8.78 Å². The molecule has 0 aliphatic rings. The molecule has 1 aromatic rings. The van der Waals surface area contributed by atoms with Crippen molar-refractivity contribution < 1.29 is 8.78 Å². The first-order valence-electron chi connectivity index (χ1n) is 4.53. The van der Waals surface area contributed by atoms with Gasteiger partial charge in [0.25, 0.3) is 0 Å².